The van der Waals surface area contributed by atoms with Gasteiger partial charge in [-0.25, -0.2) is 0 Å². The lowest BCUT2D eigenvalue weighted by atomic mass is 9.95. The van der Waals surface area contributed by atoms with Gasteiger partial charge in [-0.05, 0) is 71.0 Å². The molecule has 0 unspecified atom stereocenters. The summed E-state index contributed by atoms with van der Waals surface area (Å²) in [6.07, 6.45) is 7.51. The first kappa shape index (κ1) is 13.0. The smallest absolute Gasteiger partial charge is 0.231 e. The molecule has 0 N–H and O–H groups in total. The number of hydrogen-bond acceptors (Lipinski definition) is 2. The van der Waals surface area contributed by atoms with Crippen molar-refractivity contribution >= 4 is 27.6 Å². The Kier molecular flexibility index (Phi) is 2.84. The average molecular weight is 302 g/mol. The van der Waals surface area contributed by atoms with E-state index in [-0.39, 0.29) is 0 Å². The van der Waals surface area contributed by atoms with Crippen LogP contribution < -0.4 is 9.47 Å². The van der Waals surface area contributed by atoms with E-state index in [1.165, 1.54) is 52.8 Å². The summed E-state index contributed by atoms with van der Waals surface area (Å²) < 4.78 is 11.2. The van der Waals surface area contributed by atoms with Crippen molar-refractivity contribution in [2.75, 3.05) is 6.79 Å². The molecule has 0 saturated heterocycles. The minimum Gasteiger partial charge on any atom is -0.454 e. The van der Waals surface area contributed by atoms with Gasteiger partial charge >= 0.3 is 0 Å². The normalized spacial score (nSPS) is 16.4. The molecule has 0 spiro atoms. The largest absolute Gasteiger partial charge is 0.454 e. The fourth-order valence-electron chi connectivity index (χ4n) is 3.83. The molecule has 0 aromatic heterocycles. The molecular weight excluding hydrogens is 284 g/mol. The molecule has 3 aromatic rings. The summed E-state index contributed by atoms with van der Waals surface area (Å²) in [5, 5.41) is 5.06. The van der Waals surface area contributed by atoms with Gasteiger partial charge in [0, 0.05) is 0 Å². The van der Waals surface area contributed by atoms with Crippen LogP contribution in [0.25, 0.3) is 27.6 Å². The van der Waals surface area contributed by atoms with Gasteiger partial charge in [0.25, 0.3) is 0 Å². The first-order valence-electron chi connectivity index (χ1n) is 8.33. The number of hydrogen-bond donors (Lipinski definition) is 0. The van der Waals surface area contributed by atoms with Gasteiger partial charge in [-0.1, -0.05) is 35.9 Å². The van der Waals surface area contributed by atoms with E-state index in [0.717, 1.165) is 11.5 Å². The van der Waals surface area contributed by atoms with E-state index in [0.29, 0.717) is 6.79 Å². The van der Waals surface area contributed by atoms with Crippen molar-refractivity contribution in [2.24, 2.45) is 0 Å². The van der Waals surface area contributed by atoms with Crippen LogP contribution in [0.1, 0.15) is 31.2 Å². The van der Waals surface area contributed by atoms with Crippen molar-refractivity contribution in [3.8, 4) is 11.5 Å². The van der Waals surface area contributed by atoms with Crippen LogP contribution in [0.5, 0.6) is 11.5 Å². The Morgan fingerprint density at radius 3 is 2.35 bits per heavy atom. The third-order valence-corrected chi connectivity index (χ3v) is 4.99. The molecule has 114 valence electrons. The fraction of sp³-hybridized carbons (Fsp3) is 0.238. The summed E-state index contributed by atoms with van der Waals surface area (Å²) in [5.41, 5.74) is 2.87. The zero-order valence-corrected chi connectivity index (χ0v) is 13.0. The number of fused-ring (bicyclic) bond motifs is 4. The maximum absolute atomic E-state index is 5.60. The van der Waals surface area contributed by atoms with Crippen molar-refractivity contribution in [3.63, 3.8) is 0 Å². The summed E-state index contributed by atoms with van der Waals surface area (Å²) >= 11 is 0. The molecule has 1 saturated carbocycles. The fourth-order valence-corrected chi connectivity index (χ4v) is 3.83. The van der Waals surface area contributed by atoms with Gasteiger partial charge < -0.3 is 9.47 Å². The standard InChI is InChI=1S/C21H18O2/c1-2-6-14(5-1)9-16-10-15-7-3-4-8-17(15)19-12-21-20(11-18(16)19)22-13-23-21/h3-4,7-12H,1-2,5-6,13H2. The van der Waals surface area contributed by atoms with Crippen LogP contribution >= 0.6 is 0 Å². The van der Waals surface area contributed by atoms with E-state index in [9.17, 15) is 0 Å². The molecule has 23 heavy (non-hydrogen) atoms. The highest BCUT2D eigenvalue weighted by Gasteiger charge is 2.17. The Bertz CT molecular complexity index is 945. The zero-order chi connectivity index (χ0) is 15.2. The monoisotopic (exact) mass is 302 g/mol. The quantitative estimate of drug-likeness (QED) is 0.538. The van der Waals surface area contributed by atoms with Crippen molar-refractivity contribution in [1.29, 1.82) is 0 Å². The van der Waals surface area contributed by atoms with Gasteiger partial charge in [-0.3, -0.25) is 0 Å². The molecule has 0 amide bonds. The predicted molar refractivity (Wildman–Crippen MR) is 94.0 cm³/mol. The Labute approximate surface area is 135 Å². The Morgan fingerprint density at radius 2 is 1.52 bits per heavy atom. The van der Waals surface area contributed by atoms with Crippen molar-refractivity contribution in [1.82, 2.24) is 0 Å². The van der Waals surface area contributed by atoms with Gasteiger partial charge in [-0.2, -0.15) is 0 Å². The topological polar surface area (TPSA) is 18.5 Å². The van der Waals surface area contributed by atoms with Crippen LogP contribution in [0.2, 0.25) is 0 Å². The summed E-state index contributed by atoms with van der Waals surface area (Å²) in [4.78, 5) is 0. The highest BCUT2D eigenvalue weighted by Crippen LogP contribution is 2.41. The molecule has 1 aliphatic carbocycles. The third-order valence-electron chi connectivity index (χ3n) is 4.99. The molecule has 1 heterocycles. The number of allylic oxidation sites excluding steroid dienone is 1. The first-order chi connectivity index (χ1) is 11.4. The minimum atomic E-state index is 0.319. The molecule has 3 aromatic carbocycles. The van der Waals surface area contributed by atoms with E-state index in [1.54, 1.807) is 5.57 Å². The van der Waals surface area contributed by atoms with Crippen molar-refractivity contribution < 1.29 is 9.47 Å². The Hall–Kier alpha value is -2.48. The van der Waals surface area contributed by atoms with Gasteiger partial charge in [0.2, 0.25) is 6.79 Å². The van der Waals surface area contributed by atoms with Gasteiger partial charge in [0.1, 0.15) is 0 Å². The van der Waals surface area contributed by atoms with Gasteiger partial charge in [-0.15, -0.1) is 0 Å². The molecule has 5 rings (SSSR count). The lowest BCUT2D eigenvalue weighted by Gasteiger charge is -2.10. The number of ether oxygens (including phenoxy) is 2. The first-order valence-corrected chi connectivity index (χ1v) is 8.33. The molecule has 2 aliphatic rings. The third kappa shape index (κ3) is 2.09. The molecule has 0 atom stereocenters. The lowest BCUT2D eigenvalue weighted by Crippen LogP contribution is -1.92. The summed E-state index contributed by atoms with van der Waals surface area (Å²) in [5.74, 6) is 1.71. The predicted octanol–water partition coefficient (Wildman–Crippen LogP) is 5.68. The zero-order valence-electron chi connectivity index (χ0n) is 13.0. The highest BCUT2D eigenvalue weighted by atomic mass is 16.7. The molecule has 1 aliphatic heterocycles. The average Bonchev–Trinajstić information content (AvgIpc) is 3.24. The second-order valence-electron chi connectivity index (χ2n) is 6.45. The second-order valence-corrected chi connectivity index (χ2v) is 6.45. The summed E-state index contributed by atoms with van der Waals surface area (Å²) in [6.45, 7) is 0.319. The van der Waals surface area contributed by atoms with Gasteiger partial charge in [0.05, 0.1) is 0 Å². The van der Waals surface area contributed by atoms with Crippen LogP contribution in [0.15, 0.2) is 48.0 Å². The van der Waals surface area contributed by atoms with Crippen LogP contribution in [-0.4, -0.2) is 6.79 Å². The van der Waals surface area contributed by atoms with E-state index < -0.39 is 0 Å². The van der Waals surface area contributed by atoms with E-state index in [2.05, 4.69) is 48.5 Å². The highest BCUT2D eigenvalue weighted by molar-refractivity contribution is 6.12. The molecule has 0 radical (unpaired) electrons. The Morgan fingerprint density at radius 1 is 0.783 bits per heavy atom. The van der Waals surface area contributed by atoms with Gasteiger partial charge in [0.15, 0.2) is 11.5 Å². The maximum atomic E-state index is 5.60. The maximum Gasteiger partial charge on any atom is 0.231 e. The SMILES string of the molecule is C(=C1CCCC1)c1cc2ccccc2c2cc3c(cc12)OCO3. The van der Waals surface area contributed by atoms with Crippen LogP contribution in [0.4, 0.5) is 0 Å². The van der Waals surface area contributed by atoms with Crippen LogP contribution in [-0.2, 0) is 0 Å². The number of benzene rings is 3. The Balaban J connectivity index is 1.85. The molecular formula is C21H18O2. The van der Waals surface area contributed by atoms with Crippen LogP contribution in [0, 0.1) is 0 Å². The number of rotatable bonds is 1. The van der Waals surface area contributed by atoms with Crippen molar-refractivity contribution in [3.05, 3.63) is 53.6 Å². The summed E-state index contributed by atoms with van der Waals surface area (Å²) in [7, 11) is 0. The van der Waals surface area contributed by atoms with E-state index in [1.807, 2.05) is 0 Å². The lowest BCUT2D eigenvalue weighted by molar-refractivity contribution is 0.174. The molecule has 2 heteroatoms. The van der Waals surface area contributed by atoms with E-state index in [4.69, 9.17) is 9.47 Å². The van der Waals surface area contributed by atoms with E-state index >= 15 is 0 Å². The minimum absolute atomic E-state index is 0.319. The summed E-state index contributed by atoms with van der Waals surface area (Å²) in [6, 6.07) is 15.2. The van der Waals surface area contributed by atoms with Crippen LogP contribution in [0.3, 0.4) is 0 Å². The second kappa shape index (κ2) is 5.02. The molecule has 0 bridgehead atoms. The van der Waals surface area contributed by atoms with Crippen molar-refractivity contribution in [2.45, 2.75) is 25.7 Å². The molecule has 2 nitrogen and oxygen atoms in total. The molecule has 1 fully saturated rings.